The third-order valence-electron chi connectivity index (χ3n) is 4.22. The molecule has 26 heavy (non-hydrogen) atoms. The number of carboxylic acids is 2. The molecule has 2 atom stereocenters. The molecule has 1 amide bonds. The van der Waals surface area contributed by atoms with E-state index in [0.29, 0.717) is 17.9 Å². The van der Waals surface area contributed by atoms with Gasteiger partial charge in [-0.05, 0) is 18.6 Å². The molecule has 2 unspecified atom stereocenters. The van der Waals surface area contributed by atoms with Crippen molar-refractivity contribution in [1.82, 2.24) is 5.32 Å². The van der Waals surface area contributed by atoms with E-state index < -0.39 is 36.5 Å². The maximum absolute atomic E-state index is 12.9. The fourth-order valence-electron chi connectivity index (χ4n) is 2.89. The standard InChI is InChI=1S/C18H24N2O5S/c1-2-3-4-7-12(18(24)25)19-13-11-26-15-9-6-5-8-14(15)20(17(13)23)10-16(21)22/h5-6,8-9,12-13,19H,2-4,7,10-11H2,1H3,(H,21,22)(H,24,25). The molecule has 0 bridgehead atoms. The smallest absolute Gasteiger partial charge is 0.323 e. The SMILES string of the molecule is CCCCCC(NC1CSc2ccccc2N(CC(=O)O)C1=O)C(=O)O. The van der Waals surface area contributed by atoms with Gasteiger partial charge in [-0.25, -0.2) is 0 Å². The predicted molar refractivity (Wildman–Crippen MR) is 99.6 cm³/mol. The zero-order valence-corrected chi connectivity index (χ0v) is 15.5. The van der Waals surface area contributed by atoms with E-state index in [2.05, 4.69) is 5.32 Å². The Hall–Kier alpha value is -2.06. The van der Waals surface area contributed by atoms with Crippen molar-refractivity contribution in [3.63, 3.8) is 0 Å². The monoisotopic (exact) mass is 380 g/mol. The average Bonchev–Trinajstić information content (AvgIpc) is 2.72. The molecular weight excluding hydrogens is 356 g/mol. The second-order valence-corrected chi connectivity index (χ2v) is 7.26. The van der Waals surface area contributed by atoms with Gasteiger partial charge in [-0.2, -0.15) is 0 Å². The highest BCUT2D eigenvalue weighted by molar-refractivity contribution is 7.99. The lowest BCUT2D eigenvalue weighted by Crippen LogP contribution is -2.53. The summed E-state index contributed by atoms with van der Waals surface area (Å²) in [6.45, 7) is 1.58. The van der Waals surface area contributed by atoms with E-state index in [1.54, 1.807) is 12.1 Å². The summed E-state index contributed by atoms with van der Waals surface area (Å²) in [5.74, 6) is -2.17. The summed E-state index contributed by atoms with van der Waals surface area (Å²) < 4.78 is 0. The summed E-state index contributed by atoms with van der Waals surface area (Å²) in [7, 11) is 0. The number of unbranched alkanes of at least 4 members (excludes halogenated alkanes) is 2. The second-order valence-electron chi connectivity index (χ2n) is 6.20. The summed E-state index contributed by atoms with van der Waals surface area (Å²) in [6, 6.07) is 5.54. The minimum Gasteiger partial charge on any atom is -0.480 e. The summed E-state index contributed by atoms with van der Waals surface area (Å²) in [5, 5.41) is 21.6. The topological polar surface area (TPSA) is 107 Å². The van der Waals surface area contributed by atoms with E-state index in [9.17, 15) is 24.6 Å². The number of nitrogens with zero attached hydrogens (tertiary/aromatic N) is 1. The van der Waals surface area contributed by atoms with Gasteiger partial charge in [-0.15, -0.1) is 11.8 Å². The molecule has 0 spiro atoms. The highest BCUT2D eigenvalue weighted by atomic mass is 32.2. The zero-order chi connectivity index (χ0) is 19.1. The first-order valence-corrected chi connectivity index (χ1v) is 9.66. The Morgan fingerprint density at radius 3 is 2.69 bits per heavy atom. The second kappa shape index (κ2) is 9.59. The normalized spacial score (nSPS) is 18.1. The number of thioether (sulfide) groups is 1. The van der Waals surface area contributed by atoms with Crippen LogP contribution in [0.2, 0.25) is 0 Å². The highest BCUT2D eigenvalue weighted by Crippen LogP contribution is 2.34. The lowest BCUT2D eigenvalue weighted by atomic mass is 10.1. The number of carboxylic acid groups (broad SMARTS) is 2. The Morgan fingerprint density at radius 1 is 1.31 bits per heavy atom. The van der Waals surface area contributed by atoms with Crippen LogP contribution in [0.15, 0.2) is 29.2 Å². The fourth-order valence-corrected chi connectivity index (χ4v) is 3.98. The Bertz CT molecular complexity index is 667. The van der Waals surface area contributed by atoms with Crippen LogP contribution in [0.25, 0.3) is 0 Å². The van der Waals surface area contributed by atoms with Crippen LogP contribution < -0.4 is 10.2 Å². The number of rotatable bonds is 9. The predicted octanol–water partition coefficient (Wildman–Crippen LogP) is 2.20. The number of hydrogen-bond donors (Lipinski definition) is 3. The van der Waals surface area contributed by atoms with Crippen molar-refractivity contribution in [2.45, 2.75) is 49.6 Å². The van der Waals surface area contributed by atoms with Crippen molar-refractivity contribution in [2.75, 3.05) is 17.2 Å². The number of benzene rings is 1. The van der Waals surface area contributed by atoms with Crippen LogP contribution in [-0.4, -0.2) is 52.4 Å². The third kappa shape index (κ3) is 5.22. The molecule has 7 nitrogen and oxygen atoms in total. The molecule has 3 N–H and O–H groups in total. The lowest BCUT2D eigenvalue weighted by molar-refractivity contribution is -0.140. The van der Waals surface area contributed by atoms with Gasteiger partial charge in [0.1, 0.15) is 12.6 Å². The highest BCUT2D eigenvalue weighted by Gasteiger charge is 2.34. The molecule has 0 aromatic heterocycles. The number of hydrogen-bond acceptors (Lipinski definition) is 5. The molecule has 1 aromatic carbocycles. The molecule has 1 aromatic rings. The Morgan fingerprint density at radius 2 is 2.04 bits per heavy atom. The molecule has 0 saturated carbocycles. The Labute approximate surface area is 156 Å². The number of carbonyl (C=O) groups excluding carboxylic acids is 1. The molecule has 0 fully saturated rings. The van der Waals surface area contributed by atoms with Gasteiger partial charge in [0.2, 0.25) is 5.91 Å². The van der Waals surface area contributed by atoms with E-state index in [4.69, 9.17) is 0 Å². The van der Waals surface area contributed by atoms with Crippen molar-refractivity contribution in [3.05, 3.63) is 24.3 Å². The van der Waals surface area contributed by atoms with Crippen LogP contribution in [0.4, 0.5) is 5.69 Å². The van der Waals surface area contributed by atoms with Gasteiger partial charge in [0.25, 0.3) is 0 Å². The summed E-state index contributed by atoms with van der Waals surface area (Å²) in [5.41, 5.74) is 0.548. The zero-order valence-electron chi connectivity index (χ0n) is 14.7. The van der Waals surface area contributed by atoms with Gasteiger partial charge >= 0.3 is 11.9 Å². The van der Waals surface area contributed by atoms with E-state index in [-0.39, 0.29) is 0 Å². The number of anilines is 1. The minimum absolute atomic E-state index is 0.351. The summed E-state index contributed by atoms with van der Waals surface area (Å²) in [4.78, 5) is 37.7. The molecule has 142 valence electrons. The van der Waals surface area contributed by atoms with Crippen LogP contribution in [0, 0.1) is 0 Å². The number of aliphatic carboxylic acids is 2. The summed E-state index contributed by atoms with van der Waals surface area (Å²) >= 11 is 1.42. The third-order valence-corrected chi connectivity index (χ3v) is 5.37. The first-order chi connectivity index (χ1) is 12.4. The number of fused-ring (bicyclic) bond motifs is 1. The molecule has 1 aliphatic heterocycles. The molecule has 8 heteroatoms. The van der Waals surface area contributed by atoms with Crippen LogP contribution >= 0.6 is 11.8 Å². The van der Waals surface area contributed by atoms with Gasteiger partial charge in [0.15, 0.2) is 0 Å². The molecule has 0 aliphatic carbocycles. The molecular formula is C18H24N2O5S. The van der Waals surface area contributed by atoms with Crippen LogP contribution in [0.3, 0.4) is 0 Å². The van der Waals surface area contributed by atoms with Gasteiger partial charge < -0.3 is 10.2 Å². The number of amides is 1. The van der Waals surface area contributed by atoms with Crippen molar-refractivity contribution >= 4 is 35.3 Å². The number of para-hydroxylation sites is 1. The van der Waals surface area contributed by atoms with Crippen molar-refractivity contribution in [1.29, 1.82) is 0 Å². The first kappa shape index (κ1) is 20.3. The average molecular weight is 380 g/mol. The maximum Gasteiger partial charge on any atom is 0.323 e. The van der Waals surface area contributed by atoms with Crippen molar-refractivity contribution < 1.29 is 24.6 Å². The Balaban J connectivity index is 2.20. The lowest BCUT2D eigenvalue weighted by Gasteiger charge is -2.26. The maximum atomic E-state index is 12.9. The van der Waals surface area contributed by atoms with Crippen LogP contribution in [0.5, 0.6) is 0 Å². The first-order valence-electron chi connectivity index (χ1n) is 8.68. The van der Waals surface area contributed by atoms with Crippen molar-refractivity contribution in [2.24, 2.45) is 0 Å². The molecule has 0 saturated heterocycles. The van der Waals surface area contributed by atoms with Gasteiger partial charge in [0, 0.05) is 10.6 Å². The van der Waals surface area contributed by atoms with E-state index in [0.717, 1.165) is 24.2 Å². The molecule has 0 radical (unpaired) electrons. The van der Waals surface area contributed by atoms with Gasteiger partial charge in [-0.3, -0.25) is 24.6 Å². The fraction of sp³-hybridized carbons (Fsp3) is 0.500. The van der Waals surface area contributed by atoms with Gasteiger partial charge in [0.05, 0.1) is 11.7 Å². The largest absolute Gasteiger partial charge is 0.480 e. The molecule has 1 aliphatic rings. The molecule has 2 rings (SSSR count). The van der Waals surface area contributed by atoms with Crippen LogP contribution in [-0.2, 0) is 14.4 Å². The molecule has 1 heterocycles. The number of nitrogens with one attached hydrogen (secondary N) is 1. The van der Waals surface area contributed by atoms with Gasteiger partial charge in [-0.1, -0.05) is 38.3 Å². The van der Waals surface area contributed by atoms with E-state index in [1.165, 1.54) is 16.7 Å². The Kier molecular flexibility index (Phi) is 7.47. The number of carbonyl (C=O) groups is 3. The van der Waals surface area contributed by atoms with Crippen molar-refractivity contribution in [3.8, 4) is 0 Å². The van der Waals surface area contributed by atoms with E-state index in [1.807, 2.05) is 19.1 Å². The van der Waals surface area contributed by atoms with E-state index >= 15 is 0 Å². The van der Waals surface area contributed by atoms with Crippen LogP contribution in [0.1, 0.15) is 32.6 Å². The quantitative estimate of drug-likeness (QED) is 0.564. The minimum atomic E-state index is -1.11. The summed E-state index contributed by atoms with van der Waals surface area (Å²) in [6.07, 6.45) is 3.10.